The van der Waals surface area contributed by atoms with Crippen LogP contribution in [0, 0.1) is 5.41 Å². The van der Waals surface area contributed by atoms with E-state index in [0.29, 0.717) is 13.2 Å². The maximum Gasteiger partial charge on any atom is 0.119 e. The Morgan fingerprint density at radius 1 is 1.40 bits per heavy atom. The summed E-state index contributed by atoms with van der Waals surface area (Å²) in [5.41, 5.74) is 1.32. The highest BCUT2D eigenvalue weighted by atomic mass is 16.6. The second kappa shape index (κ2) is 6.12. The van der Waals surface area contributed by atoms with Gasteiger partial charge in [0.25, 0.3) is 0 Å². The largest absolute Gasteiger partial charge is 0.491 e. The van der Waals surface area contributed by atoms with Crippen molar-refractivity contribution in [3.63, 3.8) is 0 Å². The predicted molar refractivity (Wildman–Crippen MR) is 74.9 cm³/mol. The Morgan fingerprint density at radius 3 is 3.05 bits per heavy atom. The summed E-state index contributed by atoms with van der Waals surface area (Å²) in [6, 6.07) is 8.07. The molecule has 0 radical (unpaired) electrons. The minimum absolute atomic E-state index is 0.178. The molecule has 20 heavy (non-hydrogen) atoms. The number of rotatable bonds is 7. The number of epoxide rings is 1. The maximum atomic E-state index is 5.84. The van der Waals surface area contributed by atoms with Crippen LogP contribution in [0.4, 0.5) is 0 Å². The third-order valence-corrected chi connectivity index (χ3v) is 3.76. The van der Waals surface area contributed by atoms with Crippen LogP contribution in [0.2, 0.25) is 0 Å². The summed E-state index contributed by atoms with van der Waals surface area (Å²) in [5.74, 6) is 0.886. The molecule has 2 aliphatic rings. The van der Waals surface area contributed by atoms with Crippen LogP contribution in [0.15, 0.2) is 24.3 Å². The van der Waals surface area contributed by atoms with E-state index in [1.165, 1.54) is 0 Å². The highest BCUT2D eigenvalue weighted by molar-refractivity contribution is 5.28. The van der Waals surface area contributed by atoms with Crippen LogP contribution in [0.25, 0.3) is 0 Å². The summed E-state index contributed by atoms with van der Waals surface area (Å²) in [6.07, 6.45) is 1.37. The highest BCUT2D eigenvalue weighted by Crippen LogP contribution is 2.28. The molecule has 2 aliphatic heterocycles. The summed E-state index contributed by atoms with van der Waals surface area (Å²) in [5, 5.41) is 0. The quantitative estimate of drug-likeness (QED) is 0.718. The standard InChI is InChI=1S/C16H22O4/c1-16(5-6-17-11-16)12-18-8-13-3-2-4-14(7-13)19-9-15-10-20-15/h2-4,7,15H,5-6,8-12H2,1H3. The Hall–Kier alpha value is -1.10. The first-order chi connectivity index (χ1) is 9.73. The van der Waals surface area contributed by atoms with Crippen LogP contribution in [0.3, 0.4) is 0 Å². The molecule has 0 aromatic heterocycles. The van der Waals surface area contributed by atoms with Gasteiger partial charge in [0.05, 0.1) is 26.4 Å². The van der Waals surface area contributed by atoms with Crippen LogP contribution in [-0.2, 0) is 20.8 Å². The van der Waals surface area contributed by atoms with E-state index in [0.717, 1.165) is 44.2 Å². The molecule has 0 spiro atoms. The van der Waals surface area contributed by atoms with Gasteiger partial charge in [0.2, 0.25) is 0 Å². The van der Waals surface area contributed by atoms with Crippen molar-refractivity contribution in [2.45, 2.75) is 26.1 Å². The minimum atomic E-state index is 0.178. The van der Waals surface area contributed by atoms with Crippen LogP contribution in [-0.4, -0.2) is 39.1 Å². The van der Waals surface area contributed by atoms with Gasteiger partial charge in [-0.2, -0.15) is 0 Å². The van der Waals surface area contributed by atoms with Crippen LogP contribution in [0.1, 0.15) is 18.9 Å². The van der Waals surface area contributed by atoms with Crippen molar-refractivity contribution in [2.24, 2.45) is 5.41 Å². The predicted octanol–water partition coefficient (Wildman–Crippen LogP) is 2.41. The van der Waals surface area contributed by atoms with Crippen molar-refractivity contribution in [1.29, 1.82) is 0 Å². The SMILES string of the molecule is CC1(COCc2cccc(OCC3CO3)c2)CCOC1. The molecule has 4 heteroatoms. The molecule has 3 rings (SSSR count). The third kappa shape index (κ3) is 3.95. The lowest BCUT2D eigenvalue weighted by Crippen LogP contribution is -2.23. The average molecular weight is 278 g/mol. The fourth-order valence-corrected chi connectivity index (χ4v) is 2.32. The Kier molecular flexibility index (Phi) is 4.24. The lowest BCUT2D eigenvalue weighted by molar-refractivity contribution is 0.0345. The Morgan fingerprint density at radius 2 is 2.30 bits per heavy atom. The van der Waals surface area contributed by atoms with Crippen LogP contribution in [0.5, 0.6) is 5.75 Å². The van der Waals surface area contributed by atoms with Gasteiger partial charge in [-0.3, -0.25) is 0 Å². The zero-order chi connectivity index (χ0) is 13.8. The molecule has 2 unspecified atom stereocenters. The molecule has 0 N–H and O–H groups in total. The number of hydrogen-bond acceptors (Lipinski definition) is 4. The molecule has 0 aliphatic carbocycles. The minimum Gasteiger partial charge on any atom is -0.491 e. The van der Waals surface area contributed by atoms with Crippen LogP contribution >= 0.6 is 0 Å². The molecule has 1 aromatic rings. The van der Waals surface area contributed by atoms with E-state index in [-0.39, 0.29) is 11.5 Å². The van der Waals surface area contributed by atoms with E-state index >= 15 is 0 Å². The van der Waals surface area contributed by atoms with Gasteiger partial charge in [-0.25, -0.2) is 0 Å². The molecule has 2 atom stereocenters. The second-order valence-electron chi connectivity index (χ2n) is 6.02. The Bertz CT molecular complexity index is 436. The van der Waals surface area contributed by atoms with Gasteiger partial charge < -0.3 is 18.9 Å². The monoisotopic (exact) mass is 278 g/mol. The molecule has 0 bridgehead atoms. The summed E-state index contributed by atoms with van der Waals surface area (Å²) in [4.78, 5) is 0. The van der Waals surface area contributed by atoms with Gasteiger partial charge >= 0.3 is 0 Å². The summed E-state index contributed by atoms with van der Waals surface area (Å²) in [6.45, 7) is 6.70. The summed E-state index contributed by atoms with van der Waals surface area (Å²) >= 11 is 0. The fourth-order valence-electron chi connectivity index (χ4n) is 2.32. The summed E-state index contributed by atoms with van der Waals surface area (Å²) < 4.78 is 22.1. The lowest BCUT2D eigenvalue weighted by atomic mass is 9.91. The van der Waals surface area contributed by atoms with Gasteiger partial charge in [0, 0.05) is 12.0 Å². The molecule has 2 heterocycles. The lowest BCUT2D eigenvalue weighted by Gasteiger charge is -2.21. The van der Waals surface area contributed by atoms with E-state index in [4.69, 9.17) is 18.9 Å². The molecule has 4 nitrogen and oxygen atoms in total. The van der Waals surface area contributed by atoms with E-state index in [2.05, 4.69) is 13.0 Å². The molecule has 110 valence electrons. The first kappa shape index (κ1) is 13.9. The highest BCUT2D eigenvalue weighted by Gasteiger charge is 2.29. The number of ether oxygens (including phenoxy) is 4. The summed E-state index contributed by atoms with van der Waals surface area (Å²) in [7, 11) is 0. The van der Waals surface area contributed by atoms with Gasteiger partial charge in [-0.1, -0.05) is 19.1 Å². The van der Waals surface area contributed by atoms with Gasteiger partial charge in [-0.05, 0) is 24.1 Å². The fraction of sp³-hybridized carbons (Fsp3) is 0.625. The topological polar surface area (TPSA) is 40.2 Å². The Balaban J connectivity index is 1.45. The molecule has 2 fully saturated rings. The smallest absolute Gasteiger partial charge is 0.119 e. The van der Waals surface area contributed by atoms with Crippen molar-refractivity contribution in [2.75, 3.05) is 33.0 Å². The van der Waals surface area contributed by atoms with Gasteiger partial charge in [-0.15, -0.1) is 0 Å². The molecular weight excluding hydrogens is 256 g/mol. The first-order valence-electron chi connectivity index (χ1n) is 7.22. The molecular formula is C16H22O4. The van der Waals surface area contributed by atoms with E-state index in [1.54, 1.807) is 0 Å². The molecule has 0 amide bonds. The zero-order valence-electron chi connectivity index (χ0n) is 12.0. The van der Waals surface area contributed by atoms with Gasteiger partial charge in [0.1, 0.15) is 18.5 Å². The molecule has 1 aromatic carbocycles. The number of benzene rings is 1. The van der Waals surface area contributed by atoms with E-state index in [9.17, 15) is 0 Å². The maximum absolute atomic E-state index is 5.84. The van der Waals surface area contributed by atoms with E-state index in [1.807, 2.05) is 18.2 Å². The third-order valence-electron chi connectivity index (χ3n) is 3.76. The zero-order valence-corrected chi connectivity index (χ0v) is 12.0. The van der Waals surface area contributed by atoms with Crippen molar-refractivity contribution in [3.05, 3.63) is 29.8 Å². The van der Waals surface area contributed by atoms with Crippen LogP contribution < -0.4 is 4.74 Å². The van der Waals surface area contributed by atoms with Crippen molar-refractivity contribution in [3.8, 4) is 5.75 Å². The second-order valence-corrected chi connectivity index (χ2v) is 6.02. The van der Waals surface area contributed by atoms with Crippen molar-refractivity contribution in [1.82, 2.24) is 0 Å². The normalized spacial score (nSPS) is 28.6. The van der Waals surface area contributed by atoms with Crippen molar-refractivity contribution >= 4 is 0 Å². The van der Waals surface area contributed by atoms with Crippen molar-refractivity contribution < 1.29 is 18.9 Å². The van der Waals surface area contributed by atoms with E-state index < -0.39 is 0 Å². The van der Waals surface area contributed by atoms with Gasteiger partial charge in [0.15, 0.2) is 0 Å². The number of hydrogen-bond donors (Lipinski definition) is 0. The molecule has 2 saturated heterocycles. The Labute approximate surface area is 120 Å². The average Bonchev–Trinajstić information content (AvgIpc) is 3.18. The first-order valence-corrected chi connectivity index (χ1v) is 7.22. The molecule has 0 saturated carbocycles.